The lowest BCUT2D eigenvalue weighted by atomic mass is 10.1. The van der Waals surface area contributed by atoms with Crippen LogP contribution >= 0.6 is 0 Å². The van der Waals surface area contributed by atoms with Gasteiger partial charge in [-0.05, 0) is 49.2 Å². The van der Waals surface area contributed by atoms with Crippen LogP contribution in [0.4, 0.5) is 0 Å². The van der Waals surface area contributed by atoms with Crippen LogP contribution in [0.3, 0.4) is 0 Å². The zero-order valence-electron chi connectivity index (χ0n) is 13.9. The van der Waals surface area contributed by atoms with Gasteiger partial charge in [-0.25, -0.2) is 14.6 Å². The van der Waals surface area contributed by atoms with Crippen LogP contribution in [0.1, 0.15) is 18.5 Å². The molecule has 1 aromatic carbocycles. The Morgan fingerprint density at radius 3 is 2.64 bits per heavy atom. The Morgan fingerprint density at radius 2 is 1.88 bits per heavy atom. The molecule has 2 aromatic heterocycles. The maximum absolute atomic E-state index is 5.59. The first-order valence-corrected chi connectivity index (χ1v) is 8.54. The van der Waals surface area contributed by atoms with E-state index < -0.39 is 0 Å². The fraction of sp³-hybridized carbons (Fsp3) is 0.316. The molecule has 6 nitrogen and oxygen atoms in total. The number of ether oxygens (including phenoxy) is 2. The van der Waals surface area contributed by atoms with E-state index in [0.29, 0.717) is 0 Å². The summed E-state index contributed by atoms with van der Waals surface area (Å²) < 4.78 is 13.0. The molecule has 0 atom stereocenters. The molecule has 1 fully saturated rings. The molecule has 25 heavy (non-hydrogen) atoms. The van der Waals surface area contributed by atoms with Crippen molar-refractivity contribution >= 4 is 0 Å². The highest BCUT2D eigenvalue weighted by Crippen LogP contribution is 2.18. The molecule has 0 spiro atoms. The van der Waals surface area contributed by atoms with Gasteiger partial charge in [0.1, 0.15) is 0 Å². The molecule has 3 aromatic rings. The van der Waals surface area contributed by atoms with E-state index >= 15 is 0 Å². The van der Waals surface area contributed by atoms with Crippen LogP contribution in [0.2, 0.25) is 0 Å². The monoisotopic (exact) mass is 336 g/mol. The summed E-state index contributed by atoms with van der Waals surface area (Å²) in [6, 6.07) is 11.9. The van der Waals surface area contributed by atoms with E-state index in [2.05, 4.69) is 15.1 Å². The Labute approximate surface area is 146 Å². The van der Waals surface area contributed by atoms with E-state index in [1.165, 1.54) is 0 Å². The molecule has 3 heterocycles. The largest absolute Gasteiger partial charge is 0.353 e. The van der Waals surface area contributed by atoms with E-state index in [1.807, 2.05) is 53.5 Å². The predicted molar refractivity (Wildman–Crippen MR) is 93.2 cm³/mol. The minimum absolute atomic E-state index is 0.111. The van der Waals surface area contributed by atoms with Gasteiger partial charge in [-0.2, -0.15) is 5.10 Å². The van der Waals surface area contributed by atoms with E-state index in [1.54, 1.807) is 6.20 Å². The number of nitrogens with zero attached hydrogens (tertiary/aromatic N) is 4. The number of rotatable bonds is 5. The van der Waals surface area contributed by atoms with Gasteiger partial charge >= 0.3 is 0 Å². The summed E-state index contributed by atoms with van der Waals surface area (Å²) in [6.45, 7) is 1.56. The Hall–Kier alpha value is -2.57. The van der Waals surface area contributed by atoms with Crippen molar-refractivity contribution in [3.8, 4) is 17.1 Å². The van der Waals surface area contributed by atoms with Crippen molar-refractivity contribution < 1.29 is 9.47 Å². The second kappa shape index (κ2) is 7.55. The Balaban J connectivity index is 1.45. The molecule has 0 N–H and O–H groups in total. The van der Waals surface area contributed by atoms with Crippen molar-refractivity contribution in [2.75, 3.05) is 13.2 Å². The summed E-state index contributed by atoms with van der Waals surface area (Å²) in [4.78, 5) is 9.08. The van der Waals surface area contributed by atoms with Crippen LogP contribution in [-0.4, -0.2) is 39.3 Å². The number of aryl methyl sites for hydroxylation is 1. The maximum Gasteiger partial charge on any atom is 0.159 e. The fourth-order valence-electron chi connectivity index (χ4n) is 2.83. The van der Waals surface area contributed by atoms with Crippen molar-refractivity contribution in [1.29, 1.82) is 0 Å². The van der Waals surface area contributed by atoms with Gasteiger partial charge in [-0.3, -0.25) is 0 Å². The number of aromatic nitrogens is 4. The first-order chi connectivity index (χ1) is 12.4. The van der Waals surface area contributed by atoms with Gasteiger partial charge < -0.3 is 9.47 Å². The van der Waals surface area contributed by atoms with Gasteiger partial charge in [0.25, 0.3) is 0 Å². The average molecular weight is 336 g/mol. The molecule has 4 rings (SSSR count). The van der Waals surface area contributed by atoms with E-state index in [0.717, 1.165) is 55.2 Å². The van der Waals surface area contributed by atoms with Crippen LogP contribution in [0, 0.1) is 0 Å². The van der Waals surface area contributed by atoms with Crippen LogP contribution < -0.4 is 0 Å². The lowest BCUT2D eigenvalue weighted by Gasteiger charge is -2.22. The molecule has 0 amide bonds. The lowest BCUT2D eigenvalue weighted by molar-refractivity contribution is -0.180. The third-order valence-corrected chi connectivity index (χ3v) is 4.14. The Morgan fingerprint density at radius 1 is 1.04 bits per heavy atom. The molecular formula is C19H20N4O2. The second-order valence-corrected chi connectivity index (χ2v) is 5.93. The highest BCUT2D eigenvalue weighted by atomic mass is 16.7. The van der Waals surface area contributed by atoms with Crippen molar-refractivity contribution in [2.24, 2.45) is 0 Å². The van der Waals surface area contributed by atoms with Crippen molar-refractivity contribution in [1.82, 2.24) is 19.7 Å². The Bertz CT molecular complexity index is 797. The third kappa shape index (κ3) is 3.92. The summed E-state index contributed by atoms with van der Waals surface area (Å²) >= 11 is 0. The van der Waals surface area contributed by atoms with E-state index in [4.69, 9.17) is 9.47 Å². The maximum atomic E-state index is 5.59. The number of benzene rings is 1. The summed E-state index contributed by atoms with van der Waals surface area (Å²) in [5.74, 6) is 0.731. The molecule has 1 aliphatic rings. The van der Waals surface area contributed by atoms with Crippen LogP contribution in [-0.2, 0) is 15.9 Å². The van der Waals surface area contributed by atoms with Crippen molar-refractivity contribution in [3.63, 3.8) is 0 Å². The first kappa shape index (κ1) is 15.9. The smallest absolute Gasteiger partial charge is 0.159 e. The summed E-state index contributed by atoms with van der Waals surface area (Å²) in [5, 5.41) is 4.23. The SMILES string of the molecule is c1cnn(-c2ccc(-c3nccc(CCC4OCCCO4)n3)cc2)c1. The third-order valence-electron chi connectivity index (χ3n) is 4.14. The summed E-state index contributed by atoms with van der Waals surface area (Å²) in [5.41, 5.74) is 3.00. The topological polar surface area (TPSA) is 62.1 Å². The predicted octanol–water partition coefficient (Wildman–Crippen LogP) is 3.02. The minimum Gasteiger partial charge on any atom is -0.353 e. The highest BCUT2D eigenvalue weighted by molar-refractivity contribution is 5.57. The molecule has 0 unspecified atom stereocenters. The van der Waals surface area contributed by atoms with Gasteiger partial charge in [-0.1, -0.05) is 0 Å². The van der Waals surface area contributed by atoms with Crippen molar-refractivity contribution in [2.45, 2.75) is 25.6 Å². The summed E-state index contributed by atoms with van der Waals surface area (Å²) in [7, 11) is 0. The zero-order chi connectivity index (χ0) is 16.9. The molecule has 0 aliphatic carbocycles. The molecule has 0 saturated carbocycles. The molecule has 1 aliphatic heterocycles. The molecule has 0 radical (unpaired) electrons. The lowest BCUT2D eigenvalue weighted by Crippen LogP contribution is -2.25. The van der Waals surface area contributed by atoms with Gasteiger partial charge in [-0.15, -0.1) is 0 Å². The van der Waals surface area contributed by atoms with Gasteiger partial charge in [0, 0.05) is 36.3 Å². The molecule has 1 saturated heterocycles. The number of hydrogen-bond acceptors (Lipinski definition) is 5. The highest BCUT2D eigenvalue weighted by Gasteiger charge is 2.14. The fourth-order valence-corrected chi connectivity index (χ4v) is 2.83. The quantitative estimate of drug-likeness (QED) is 0.717. The Kier molecular flexibility index (Phi) is 4.81. The summed E-state index contributed by atoms with van der Waals surface area (Å²) in [6.07, 6.45) is 7.98. The van der Waals surface area contributed by atoms with Gasteiger partial charge in [0.15, 0.2) is 12.1 Å². The van der Waals surface area contributed by atoms with Crippen molar-refractivity contribution in [3.05, 3.63) is 60.7 Å². The van der Waals surface area contributed by atoms with Gasteiger partial charge in [0.05, 0.1) is 18.9 Å². The first-order valence-electron chi connectivity index (χ1n) is 8.54. The van der Waals surface area contributed by atoms with Gasteiger partial charge in [0.2, 0.25) is 0 Å². The van der Waals surface area contributed by atoms with Crippen LogP contribution in [0.25, 0.3) is 17.1 Å². The van der Waals surface area contributed by atoms with Crippen LogP contribution in [0.5, 0.6) is 0 Å². The zero-order valence-corrected chi connectivity index (χ0v) is 13.9. The molecular weight excluding hydrogens is 316 g/mol. The average Bonchev–Trinajstić information content (AvgIpc) is 3.22. The standard InChI is InChI=1S/C19H20N4O2/c1-10-21-23(12-1)17-6-3-15(4-7-17)19-20-11-9-16(22-19)5-8-18-24-13-2-14-25-18/h1,3-4,6-7,9-12,18H,2,5,8,13-14H2. The van der Waals surface area contributed by atoms with E-state index in [-0.39, 0.29) is 6.29 Å². The molecule has 0 bridgehead atoms. The molecule has 128 valence electrons. The molecule has 6 heteroatoms. The normalized spacial score (nSPS) is 15.4. The number of hydrogen-bond donors (Lipinski definition) is 0. The van der Waals surface area contributed by atoms with Crippen LogP contribution in [0.15, 0.2) is 55.0 Å². The van der Waals surface area contributed by atoms with E-state index in [9.17, 15) is 0 Å². The minimum atomic E-state index is -0.111. The second-order valence-electron chi connectivity index (χ2n) is 5.93.